The summed E-state index contributed by atoms with van der Waals surface area (Å²) in [5, 5.41) is 0. The van der Waals surface area contributed by atoms with Gasteiger partial charge in [-0.25, -0.2) is 13.1 Å². The Morgan fingerprint density at radius 2 is 2.05 bits per heavy atom. The smallest absolute Gasteiger partial charge is 0.240 e. The van der Waals surface area contributed by atoms with E-state index >= 15 is 0 Å². The third-order valence-electron chi connectivity index (χ3n) is 3.88. The van der Waals surface area contributed by atoms with Crippen molar-refractivity contribution < 1.29 is 13.2 Å². The highest BCUT2D eigenvalue weighted by Crippen LogP contribution is 2.27. The molecule has 2 rings (SSSR count). The molecule has 1 saturated heterocycles. The van der Waals surface area contributed by atoms with Gasteiger partial charge in [0.1, 0.15) is 5.75 Å². The molecule has 0 aromatic heterocycles. The number of nitrogens with one attached hydrogen (secondary N) is 1. The van der Waals surface area contributed by atoms with E-state index in [0.29, 0.717) is 10.2 Å². The molecule has 1 aromatic rings. The van der Waals surface area contributed by atoms with E-state index in [1.807, 2.05) is 0 Å². The minimum atomic E-state index is -3.49. The van der Waals surface area contributed by atoms with Crippen LogP contribution in [-0.2, 0) is 10.0 Å². The summed E-state index contributed by atoms with van der Waals surface area (Å²) in [6, 6.07) is 4.81. The predicted octanol–water partition coefficient (Wildman–Crippen LogP) is 2.61. The first-order chi connectivity index (χ1) is 10.5. The van der Waals surface area contributed by atoms with Gasteiger partial charge < -0.3 is 9.64 Å². The van der Waals surface area contributed by atoms with Crippen LogP contribution in [0.25, 0.3) is 0 Å². The Bertz CT molecular complexity index is 599. The number of halogens is 1. The molecule has 0 unspecified atom stereocenters. The normalized spacial score (nSPS) is 17.6. The largest absolute Gasteiger partial charge is 0.496 e. The van der Waals surface area contributed by atoms with Gasteiger partial charge in [-0.05, 0) is 73.0 Å². The summed E-state index contributed by atoms with van der Waals surface area (Å²) in [5.41, 5.74) is 0. The number of nitrogens with zero attached hydrogens (tertiary/aromatic N) is 1. The van der Waals surface area contributed by atoms with Crippen LogP contribution < -0.4 is 9.46 Å². The molecule has 1 N–H and O–H groups in total. The van der Waals surface area contributed by atoms with Gasteiger partial charge in [0.2, 0.25) is 10.0 Å². The van der Waals surface area contributed by atoms with Crippen LogP contribution in [0.15, 0.2) is 27.6 Å². The van der Waals surface area contributed by atoms with E-state index in [1.165, 1.54) is 0 Å². The van der Waals surface area contributed by atoms with Crippen molar-refractivity contribution in [1.29, 1.82) is 0 Å². The summed E-state index contributed by atoms with van der Waals surface area (Å²) >= 11 is 3.33. The third-order valence-corrected chi connectivity index (χ3v) is 6.02. The average Bonchev–Trinajstić information content (AvgIpc) is 2.49. The highest BCUT2D eigenvalue weighted by molar-refractivity contribution is 9.10. The summed E-state index contributed by atoms with van der Waals surface area (Å²) in [6.07, 6.45) is 2.85. The predicted molar refractivity (Wildman–Crippen MR) is 90.8 cm³/mol. The first kappa shape index (κ1) is 17.7. The molecule has 0 bridgehead atoms. The van der Waals surface area contributed by atoms with Gasteiger partial charge in [-0.2, -0.15) is 0 Å². The molecule has 1 aliphatic rings. The van der Waals surface area contributed by atoms with Crippen LogP contribution in [0.1, 0.15) is 26.2 Å². The van der Waals surface area contributed by atoms with Gasteiger partial charge >= 0.3 is 0 Å². The van der Waals surface area contributed by atoms with Crippen molar-refractivity contribution in [1.82, 2.24) is 9.62 Å². The second-order valence-electron chi connectivity index (χ2n) is 5.53. The van der Waals surface area contributed by atoms with E-state index < -0.39 is 10.0 Å². The molecule has 1 aromatic carbocycles. The lowest BCUT2D eigenvalue weighted by molar-refractivity contribution is 0.208. The van der Waals surface area contributed by atoms with Crippen LogP contribution in [0.4, 0.5) is 0 Å². The van der Waals surface area contributed by atoms with Crippen LogP contribution in [0.5, 0.6) is 5.75 Å². The van der Waals surface area contributed by atoms with Crippen LogP contribution >= 0.6 is 15.9 Å². The highest BCUT2D eigenvalue weighted by atomic mass is 79.9. The van der Waals surface area contributed by atoms with Crippen molar-refractivity contribution in [2.75, 3.05) is 26.7 Å². The van der Waals surface area contributed by atoms with Crippen molar-refractivity contribution in [3.05, 3.63) is 22.7 Å². The SMILES string of the molecule is CCCN1CCC(NS(=O)(=O)c2ccc(OC)c(Br)c2)CC1. The van der Waals surface area contributed by atoms with Crippen LogP contribution in [0, 0.1) is 0 Å². The minimum Gasteiger partial charge on any atom is -0.496 e. The quantitative estimate of drug-likeness (QED) is 0.810. The first-order valence-electron chi connectivity index (χ1n) is 7.54. The number of hydrogen-bond donors (Lipinski definition) is 1. The fourth-order valence-electron chi connectivity index (χ4n) is 2.69. The molecule has 0 atom stereocenters. The van der Waals surface area contributed by atoms with E-state index in [9.17, 15) is 8.42 Å². The van der Waals surface area contributed by atoms with Crippen molar-refractivity contribution >= 4 is 26.0 Å². The lowest BCUT2D eigenvalue weighted by Gasteiger charge is -2.31. The molecule has 0 amide bonds. The highest BCUT2D eigenvalue weighted by Gasteiger charge is 2.24. The Balaban J connectivity index is 2.01. The van der Waals surface area contributed by atoms with Crippen LogP contribution in [-0.4, -0.2) is 46.1 Å². The summed E-state index contributed by atoms with van der Waals surface area (Å²) in [4.78, 5) is 2.64. The van der Waals surface area contributed by atoms with E-state index in [2.05, 4.69) is 32.5 Å². The summed E-state index contributed by atoms with van der Waals surface area (Å²) in [7, 11) is -1.94. The van der Waals surface area contributed by atoms with E-state index in [0.717, 1.165) is 38.9 Å². The molecule has 7 heteroatoms. The standard InChI is InChI=1S/C15H23BrN2O3S/c1-3-8-18-9-6-12(7-10-18)17-22(19,20)13-4-5-15(21-2)14(16)11-13/h4-5,11-12,17H,3,6-10H2,1-2H3. The van der Waals surface area contributed by atoms with Gasteiger partial charge in [0.25, 0.3) is 0 Å². The fraction of sp³-hybridized carbons (Fsp3) is 0.600. The monoisotopic (exact) mass is 390 g/mol. The molecule has 0 saturated carbocycles. The zero-order valence-electron chi connectivity index (χ0n) is 13.0. The minimum absolute atomic E-state index is 0.0129. The van der Waals surface area contributed by atoms with Gasteiger partial charge in [-0.15, -0.1) is 0 Å². The Kier molecular flexibility index (Phi) is 6.26. The van der Waals surface area contributed by atoms with Gasteiger partial charge in [0.05, 0.1) is 16.5 Å². The number of methoxy groups -OCH3 is 1. The maximum Gasteiger partial charge on any atom is 0.240 e. The number of sulfonamides is 1. The fourth-order valence-corrected chi connectivity index (χ4v) is 4.72. The average molecular weight is 391 g/mol. The summed E-state index contributed by atoms with van der Waals surface area (Å²) in [5.74, 6) is 0.617. The second-order valence-corrected chi connectivity index (χ2v) is 8.10. The first-order valence-corrected chi connectivity index (χ1v) is 9.82. The molecule has 124 valence electrons. The van der Waals surface area contributed by atoms with E-state index in [-0.39, 0.29) is 10.9 Å². The van der Waals surface area contributed by atoms with Crippen molar-refractivity contribution in [3.8, 4) is 5.75 Å². The van der Waals surface area contributed by atoms with Gasteiger partial charge in [-0.1, -0.05) is 6.92 Å². The Morgan fingerprint density at radius 3 is 2.59 bits per heavy atom. The zero-order chi connectivity index (χ0) is 16.2. The lowest BCUT2D eigenvalue weighted by atomic mass is 10.1. The second kappa shape index (κ2) is 7.77. The molecular weight excluding hydrogens is 368 g/mol. The number of likely N-dealkylation sites (tertiary alicyclic amines) is 1. The topological polar surface area (TPSA) is 58.6 Å². The van der Waals surface area contributed by atoms with Gasteiger partial charge in [-0.3, -0.25) is 0 Å². The Hall–Kier alpha value is -0.630. The Morgan fingerprint density at radius 1 is 1.36 bits per heavy atom. The summed E-state index contributed by atoms with van der Waals surface area (Å²) < 4.78 is 33.5. The molecule has 1 heterocycles. The van der Waals surface area contributed by atoms with Crippen molar-refractivity contribution in [2.45, 2.75) is 37.1 Å². The van der Waals surface area contributed by atoms with Crippen LogP contribution in [0.3, 0.4) is 0 Å². The lowest BCUT2D eigenvalue weighted by Crippen LogP contribution is -2.44. The molecule has 1 aliphatic heterocycles. The van der Waals surface area contributed by atoms with Crippen molar-refractivity contribution in [3.63, 3.8) is 0 Å². The molecule has 0 radical (unpaired) electrons. The molecule has 5 nitrogen and oxygen atoms in total. The molecule has 1 fully saturated rings. The summed E-state index contributed by atoms with van der Waals surface area (Å²) in [6.45, 7) is 5.15. The van der Waals surface area contributed by atoms with E-state index in [4.69, 9.17) is 4.74 Å². The third kappa shape index (κ3) is 4.44. The Labute approximate surface area is 141 Å². The van der Waals surface area contributed by atoms with Crippen molar-refractivity contribution in [2.24, 2.45) is 0 Å². The zero-order valence-corrected chi connectivity index (χ0v) is 15.4. The number of hydrogen-bond acceptors (Lipinski definition) is 4. The number of piperidine rings is 1. The number of benzene rings is 1. The van der Waals surface area contributed by atoms with Gasteiger partial charge in [0, 0.05) is 6.04 Å². The van der Waals surface area contributed by atoms with Gasteiger partial charge in [0.15, 0.2) is 0 Å². The molecule has 22 heavy (non-hydrogen) atoms. The maximum atomic E-state index is 12.5. The maximum absolute atomic E-state index is 12.5. The molecular formula is C15H23BrN2O3S. The number of ether oxygens (including phenoxy) is 1. The van der Waals surface area contributed by atoms with Crippen LogP contribution in [0.2, 0.25) is 0 Å². The molecule has 0 aliphatic carbocycles. The van der Waals surface area contributed by atoms with E-state index in [1.54, 1.807) is 25.3 Å². The molecule has 0 spiro atoms. The number of rotatable bonds is 6.